The summed E-state index contributed by atoms with van der Waals surface area (Å²) in [6.07, 6.45) is 3.09. The van der Waals surface area contributed by atoms with Crippen molar-refractivity contribution in [2.75, 3.05) is 5.32 Å². The molecule has 0 radical (unpaired) electrons. The van der Waals surface area contributed by atoms with Crippen LogP contribution in [0.4, 0.5) is 5.82 Å². The van der Waals surface area contributed by atoms with Crippen LogP contribution in [0.3, 0.4) is 0 Å². The number of benzene rings is 1. The number of anilines is 1. The average molecular weight is 333 g/mol. The summed E-state index contributed by atoms with van der Waals surface area (Å²) in [4.78, 5) is 15.9. The minimum absolute atomic E-state index is 0.282. The zero-order chi connectivity index (χ0) is 15.5. The Balaban J connectivity index is 1.81. The normalized spacial score (nSPS) is 10.5. The highest BCUT2D eigenvalue weighted by molar-refractivity contribution is 6.35. The number of amides is 1. The largest absolute Gasteiger partial charge is 0.305 e. The van der Waals surface area contributed by atoms with E-state index in [1.54, 1.807) is 42.6 Å². The summed E-state index contributed by atoms with van der Waals surface area (Å²) in [5.74, 6) is 0.121. The molecule has 0 aliphatic carbocycles. The van der Waals surface area contributed by atoms with Crippen LogP contribution in [-0.2, 0) is 0 Å². The molecule has 0 atom stereocenters. The number of hydrogen-bond donors (Lipinski definition) is 2. The number of nitrogens with one attached hydrogen (secondary N) is 2. The van der Waals surface area contributed by atoms with E-state index in [4.69, 9.17) is 23.2 Å². The Morgan fingerprint density at radius 2 is 1.91 bits per heavy atom. The molecular weight excluding hydrogens is 323 g/mol. The Labute approximate surface area is 136 Å². The molecule has 3 rings (SSSR count). The van der Waals surface area contributed by atoms with Crippen molar-refractivity contribution in [3.63, 3.8) is 0 Å². The van der Waals surface area contributed by atoms with Crippen molar-refractivity contribution >= 4 is 34.9 Å². The number of aromatic amines is 1. The van der Waals surface area contributed by atoms with E-state index < -0.39 is 0 Å². The molecule has 0 fully saturated rings. The molecule has 2 heterocycles. The summed E-state index contributed by atoms with van der Waals surface area (Å²) >= 11 is 12.0. The lowest BCUT2D eigenvalue weighted by Crippen LogP contribution is -2.12. The molecule has 0 aliphatic heterocycles. The van der Waals surface area contributed by atoms with Crippen LogP contribution in [-0.4, -0.2) is 21.1 Å². The Bertz CT molecular complexity index is 797. The lowest BCUT2D eigenvalue weighted by atomic mass is 10.1. The Morgan fingerprint density at radius 3 is 2.59 bits per heavy atom. The van der Waals surface area contributed by atoms with Crippen LogP contribution < -0.4 is 5.32 Å². The first-order valence-electron chi connectivity index (χ1n) is 6.35. The van der Waals surface area contributed by atoms with Crippen LogP contribution in [0.15, 0.2) is 48.8 Å². The molecule has 1 amide bonds. The second kappa shape index (κ2) is 6.17. The van der Waals surface area contributed by atoms with Gasteiger partial charge in [-0.3, -0.25) is 14.9 Å². The molecule has 110 valence electrons. The Kier molecular flexibility index (Phi) is 4.09. The first-order chi connectivity index (χ1) is 10.6. The first-order valence-corrected chi connectivity index (χ1v) is 7.11. The van der Waals surface area contributed by atoms with Gasteiger partial charge in [0.2, 0.25) is 0 Å². The molecule has 3 aromatic rings. The highest BCUT2D eigenvalue weighted by Crippen LogP contribution is 2.27. The third-order valence-corrected chi connectivity index (χ3v) is 3.35. The number of H-pyrrole nitrogens is 1. The van der Waals surface area contributed by atoms with E-state index in [0.717, 1.165) is 5.56 Å². The van der Waals surface area contributed by atoms with Crippen molar-refractivity contribution in [2.24, 2.45) is 0 Å². The van der Waals surface area contributed by atoms with Crippen LogP contribution in [0, 0.1) is 0 Å². The summed E-state index contributed by atoms with van der Waals surface area (Å²) in [5, 5.41) is 10.6. The Morgan fingerprint density at radius 1 is 1.14 bits per heavy atom. The molecule has 1 aromatic carbocycles. The number of carbonyl (C=O) groups excluding carboxylic acids is 1. The summed E-state index contributed by atoms with van der Waals surface area (Å²) in [5.41, 5.74) is 1.94. The van der Waals surface area contributed by atoms with Gasteiger partial charge in [0.15, 0.2) is 5.82 Å². The van der Waals surface area contributed by atoms with Gasteiger partial charge in [-0.1, -0.05) is 23.2 Å². The molecule has 2 N–H and O–H groups in total. The van der Waals surface area contributed by atoms with Gasteiger partial charge in [-0.25, -0.2) is 0 Å². The van der Waals surface area contributed by atoms with Crippen molar-refractivity contribution in [2.45, 2.75) is 0 Å². The average Bonchev–Trinajstić information content (AvgIpc) is 2.96. The van der Waals surface area contributed by atoms with E-state index in [-0.39, 0.29) is 5.91 Å². The molecule has 2 aromatic heterocycles. The molecule has 0 aliphatic rings. The van der Waals surface area contributed by atoms with Gasteiger partial charge < -0.3 is 5.32 Å². The van der Waals surface area contributed by atoms with Crippen LogP contribution in [0.2, 0.25) is 10.0 Å². The summed E-state index contributed by atoms with van der Waals surface area (Å²) < 4.78 is 0. The third-order valence-electron chi connectivity index (χ3n) is 2.92. The molecule has 0 spiro atoms. The predicted octanol–water partition coefficient (Wildman–Crippen LogP) is 4.03. The van der Waals surface area contributed by atoms with E-state index in [2.05, 4.69) is 20.5 Å². The zero-order valence-corrected chi connectivity index (χ0v) is 12.7. The van der Waals surface area contributed by atoms with Crippen molar-refractivity contribution < 1.29 is 4.79 Å². The van der Waals surface area contributed by atoms with Crippen LogP contribution in [0.1, 0.15) is 10.4 Å². The first kappa shape index (κ1) is 14.6. The second-order valence-electron chi connectivity index (χ2n) is 4.52. The number of rotatable bonds is 3. The van der Waals surface area contributed by atoms with Crippen LogP contribution in [0.25, 0.3) is 11.3 Å². The van der Waals surface area contributed by atoms with E-state index in [1.807, 2.05) is 0 Å². The maximum Gasteiger partial charge on any atom is 0.258 e. The van der Waals surface area contributed by atoms with E-state index in [0.29, 0.717) is 27.1 Å². The quantitative estimate of drug-likeness (QED) is 0.760. The third kappa shape index (κ3) is 3.27. The summed E-state index contributed by atoms with van der Waals surface area (Å²) in [7, 11) is 0. The van der Waals surface area contributed by atoms with Crippen LogP contribution >= 0.6 is 23.2 Å². The summed E-state index contributed by atoms with van der Waals surface area (Å²) in [6.45, 7) is 0. The molecule has 0 saturated carbocycles. The van der Waals surface area contributed by atoms with E-state index >= 15 is 0 Å². The molecule has 5 nitrogen and oxygen atoms in total. The predicted molar refractivity (Wildman–Crippen MR) is 86.2 cm³/mol. The standard InChI is InChI=1S/C15H10Cl2N4O/c16-11-4-10(5-12(17)6-11)13-7-14(21-20-13)19-15(22)9-2-1-3-18-8-9/h1-8H,(H2,19,20,21,22). The van der Waals surface area contributed by atoms with Gasteiger partial charge in [-0.05, 0) is 30.3 Å². The SMILES string of the molecule is O=C(Nc1cc(-c2cc(Cl)cc(Cl)c2)[nH]n1)c1cccnc1. The highest BCUT2D eigenvalue weighted by Gasteiger charge is 2.10. The second-order valence-corrected chi connectivity index (χ2v) is 5.39. The fraction of sp³-hybridized carbons (Fsp3) is 0. The number of carbonyl (C=O) groups is 1. The lowest BCUT2D eigenvalue weighted by molar-refractivity contribution is 0.102. The van der Waals surface area contributed by atoms with Gasteiger partial charge in [0.05, 0.1) is 11.3 Å². The molecule has 22 heavy (non-hydrogen) atoms. The van der Waals surface area contributed by atoms with Gasteiger partial charge >= 0.3 is 0 Å². The minimum atomic E-state index is -0.282. The van der Waals surface area contributed by atoms with Crippen molar-refractivity contribution in [3.05, 3.63) is 64.4 Å². The Hall–Kier alpha value is -2.37. The number of aromatic nitrogens is 3. The number of pyridine rings is 1. The highest BCUT2D eigenvalue weighted by atomic mass is 35.5. The zero-order valence-electron chi connectivity index (χ0n) is 11.2. The molecule has 0 bridgehead atoms. The van der Waals surface area contributed by atoms with Gasteiger partial charge in [0.25, 0.3) is 5.91 Å². The van der Waals surface area contributed by atoms with E-state index in [1.165, 1.54) is 6.20 Å². The van der Waals surface area contributed by atoms with Gasteiger partial charge in [-0.2, -0.15) is 5.10 Å². The maximum atomic E-state index is 12.0. The molecule has 7 heteroatoms. The lowest BCUT2D eigenvalue weighted by Gasteiger charge is -2.00. The van der Waals surface area contributed by atoms with Crippen molar-refractivity contribution in [1.82, 2.24) is 15.2 Å². The fourth-order valence-corrected chi connectivity index (χ4v) is 2.45. The number of hydrogen-bond acceptors (Lipinski definition) is 3. The number of halogens is 2. The van der Waals surface area contributed by atoms with Gasteiger partial charge in [-0.15, -0.1) is 0 Å². The van der Waals surface area contributed by atoms with Gasteiger partial charge in [0, 0.05) is 34.1 Å². The topological polar surface area (TPSA) is 70.7 Å². The maximum absolute atomic E-state index is 12.0. The molecule has 0 unspecified atom stereocenters. The van der Waals surface area contributed by atoms with E-state index in [9.17, 15) is 4.79 Å². The smallest absolute Gasteiger partial charge is 0.258 e. The fourth-order valence-electron chi connectivity index (χ4n) is 1.93. The van der Waals surface area contributed by atoms with Crippen molar-refractivity contribution in [1.29, 1.82) is 0 Å². The van der Waals surface area contributed by atoms with Crippen molar-refractivity contribution in [3.8, 4) is 11.3 Å². The van der Waals surface area contributed by atoms with Crippen LogP contribution in [0.5, 0.6) is 0 Å². The summed E-state index contributed by atoms with van der Waals surface area (Å²) in [6, 6.07) is 10.2. The number of nitrogens with zero attached hydrogens (tertiary/aromatic N) is 2. The molecular formula is C15H10Cl2N4O. The molecule has 0 saturated heterocycles. The minimum Gasteiger partial charge on any atom is -0.305 e. The van der Waals surface area contributed by atoms with Gasteiger partial charge in [0.1, 0.15) is 0 Å². The monoisotopic (exact) mass is 332 g/mol.